The van der Waals surface area contributed by atoms with Crippen LogP contribution in [0, 0.1) is 0 Å². The fourth-order valence-electron chi connectivity index (χ4n) is 2.18. The van der Waals surface area contributed by atoms with E-state index in [4.69, 9.17) is 5.11 Å². The third-order valence-corrected chi connectivity index (χ3v) is 3.38. The number of rotatable bonds is 4. The topological polar surface area (TPSA) is 82.5 Å². The molecule has 1 heterocycles. The minimum absolute atomic E-state index is 0.344. The number of aliphatic carboxylic acids is 1. The quantitative estimate of drug-likeness (QED) is 0.905. The second-order valence-electron chi connectivity index (χ2n) is 4.71. The van der Waals surface area contributed by atoms with Gasteiger partial charge in [-0.25, -0.2) is 9.59 Å². The zero-order valence-corrected chi connectivity index (χ0v) is 11.9. The number of amides is 2. The minimum atomic E-state index is -1.02. The molecule has 2 amide bonds. The van der Waals surface area contributed by atoms with Gasteiger partial charge in [-0.15, -0.1) is 0 Å². The van der Waals surface area contributed by atoms with Gasteiger partial charge in [0.05, 0.1) is 5.69 Å². The molecule has 0 radical (unpaired) electrons. The molecule has 0 fully saturated rings. The molecule has 2 N–H and O–H groups in total. The Labute approximate surface area is 122 Å². The van der Waals surface area contributed by atoms with Gasteiger partial charge in [-0.05, 0) is 23.9 Å². The van der Waals surface area contributed by atoms with Crippen LogP contribution in [0.25, 0.3) is 10.8 Å². The van der Waals surface area contributed by atoms with Crippen molar-refractivity contribution in [3.05, 3.63) is 36.7 Å². The second-order valence-corrected chi connectivity index (χ2v) is 4.71. The number of aromatic nitrogens is 1. The van der Waals surface area contributed by atoms with Gasteiger partial charge in [0.15, 0.2) is 0 Å². The van der Waals surface area contributed by atoms with Crippen LogP contribution in [0.2, 0.25) is 0 Å². The predicted molar refractivity (Wildman–Crippen MR) is 80.2 cm³/mol. The van der Waals surface area contributed by atoms with Crippen molar-refractivity contribution >= 4 is 28.5 Å². The molecule has 0 saturated carbocycles. The van der Waals surface area contributed by atoms with Crippen molar-refractivity contribution < 1.29 is 14.7 Å². The van der Waals surface area contributed by atoms with Crippen LogP contribution in [0.4, 0.5) is 10.5 Å². The van der Waals surface area contributed by atoms with Gasteiger partial charge < -0.3 is 15.3 Å². The number of nitrogens with one attached hydrogen (secondary N) is 1. The Balaban J connectivity index is 2.24. The Hall–Kier alpha value is -2.63. The Morgan fingerprint density at radius 1 is 1.38 bits per heavy atom. The maximum absolute atomic E-state index is 12.2. The van der Waals surface area contributed by atoms with E-state index >= 15 is 0 Å². The summed E-state index contributed by atoms with van der Waals surface area (Å²) in [5.74, 6) is -1.02. The summed E-state index contributed by atoms with van der Waals surface area (Å²) in [6, 6.07) is 6.05. The summed E-state index contributed by atoms with van der Waals surface area (Å²) in [6.07, 6.45) is 3.69. The number of pyridine rings is 1. The third-order valence-electron chi connectivity index (χ3n) is 3.38. The van der Waals surface area contributed by atoms with E-state index in [9.17, 15) is 9.59 Å². The lowest BCUT2D eigenvalue weighted by Gasteiger charge is -2.24. The molecule has 6 heteroatoms. The molecule has 2 rings (SSSR count). The molecule has 1 atom stereocenters. The number of hydrogen-bond acceptors (Lipinski definition) is 3. The number of hydrogen-bond donors (Lipinski definition) is 2. The first-order valence-corrected chi connectivity index (χ1v) is 6.64. The first-order chi connectivity index (χ1) is 10.0. The molecule has 0 bridgehead atoms. The number of carbonyl (C=O) groups excluding carboxylic acids is 1. The molecular weight excluding hydrogens is 270 g/mol. The lowest BCUT2D eigenvalue weighted by Crippen LogP contribution is -2.44. The number of likely N-dealkylation sites (N-methyl/N-ethyl adjacent to an activating group) is 1. The minimum Gasteiger partial charge on any atom is -0.480 e. The van der Waals surface area contributed by atoms with Gasteiger partial charge in [0.1, 0.15) is 6.04 Å². The van der Waals surface area contributed by atoms with Gasteiger partial charge in [-0.1, -0.05) is 19.1 Å². The molecular formula is C15H17N3O3. The van der Waals surface area contributed by atoms with Crippen LogP contribution in [0.15, 0.2) is 36.7 Å². The molecule has 0 aliphatic heterocycles. The van der Waals surface area contributed by atoms with Crippen LogP contribution >= 0.6 is 0 Å². The van der Waals surface area contributed by atoms with E-state index in [-0.39, 0.29) is 0 Å². The zero-order valence-electron chi connectivity index (χ0n) is 11.9. The molecule has 1 aromatic carbocycles. The standard InChI is InChI=1S/C15H17N3O3/c1-3-13(14(19)20)18(2)15(21)17-12-6-4-5-10-7-8-16-9-11(10)12/h4-9,13H,3H2,1-2H3,(H,17,21)(H,19,20). The predicted octanol–water partition coefficient (Wildman–Crippen LogP) is 2.56. The molecule has 2 aromatic rings. The van der Waals surface area contributed by atoms with Crippen molar-refractivity contribution in [2.75, 3.05) is 12.4 Å². The Morgan fingerprint density at radius 3 is 2.81 bits per heavy atom. The zero-order chi connectivity index (χ0) is 15.4. The number of carboxylic acid groups (broad SMARTS) is 1. The second kappa shape index (κ2) is 6.21. The van der Waals surface area contributed by atoms with Gasteiger partial charge >= 0.3 is 12.0 Å². The number of urea groups is 1. The van der Waals surface area contributed by atoms with Crippen molar-refractivity contribution in [2.24, 2.45) is 0 Å². The molecule has 0 aliphatic rings. The Morgan fingerprint density at radius 2 is 2.14 bits per heavy atom. The fraction of sp³-hybridized carbons (Fsp3) is 0.267. The highest BCUT2D eigenvalue weighted by Gasteiger charge is 2.24. The van der Waals surface area contributed by atoms with Gasteiger partial charge in [0, 0.05) is 24.8 Å². The van der Waals surface area contributed by atoms with Crippen LogP contribution in [-0.4, -0.2) is 40.1 Å². The molecule has 6 nitrogen and oxygen atoms in total. The summed E-state index contributed by atoms with van der Waals surface area (Å²) in [4.78, 5) is 28.5. The van der Waals surface area contributed by atoms with Crippen LogP contribution in [0.1, 0.15) is 13.3 Å². The maximum Gasteiger partial charge on any atom is 0.326 e. The highest BCUT2D eigenvalue weighted by molar-refractivity contribution is 6.01. The summed E-state index contributed by atoms with van der Waals surface area (Å²) in [5, 5.41) is 13.6. The van der Waals surface area contributed by atoms with Gasteiger partial charge in [0.2, 0.25) is 0 Å². The van der Waals surface area contributed by atoms with Crippen LogP contribution < -0.4 is 5.32 Å². The van der Waals surface area contributed by atoms with E-state index < -0.39 is 18.0 Å². The summed E-state index contributed by atoms with van der Waals surface area (Å²) in [6.45, 7) is 1.73. The molecule has 0 saturated heterocycles. The van der Waals surface area contributed by atoms with E-state index in [1.54, 1.807) is 25.4 Å². The maximum atomic E-state index is 12.2. The average Bonchev–Trinajstić information content (AvgIpc) is 2.47. The number of anilines is 1. The third kappa shape index (κ3) is 3.10. The molecule has 1 unspecified atom stereocenters. The lowest BCUT2D eigenvalue weighted by atomic mass is 10.1. The summed E-state index contributed by atoms with van der Waals surface area (Å²) >= 11 is 0. The normalized spacial score (nSPS) is 11.9. The SMILES string of the molecule is CCC(C(=O)O)N(C)C(=O)Nc1cccc2ccncc12. The van der Waals surface area contributed by atoms with E-state index in [0.29, 0.717) is 12.1 Å². The first kappa shape index (κ1) is 14.8. The van der Waals surface area contributed by atoms with Crippen LogP contribution in [0.3, 0.4) is 0 Å². The van der Waals surface area contributed by atoms with Crippen LogP contribution in [0.5, 0.6) is 0 Å². The molecule has 110 valence electrons. The largest absolute Gasteiger partial charge is 0.480 e. The summed E-state index contributed by atoms with van der Waals surface area (Å²) in [7, 11) is 1.47. The van der Waals surface area contributed by atoms with Crippen molar-refractivity contribution in [1.29, 1.82) is 0 Å². The molecule has 1 aromatic heterocycles. The Bertz CT molecular complexity index is 667. The van der Waals surface area contributed by atoms with Crippen molar-refractivity contribution in [3.8, 4) is 0 Å². The smallest absolute Gasteiger partial charge is 0.326 e. The van der Waals surface area contributed by atoms with Crippen molar-refractivity contribution in [2.45, 2.75) is 19.4 Å². The molecule has 0 aliphatic carbocycles. The average molecular weight is 287 g/mol. The number of benzene rings is 1. The first-order valence-electron chi connectivity index (χ1n) is 6.64. The lowest BCUT2D eigenvalue weighted by molar-refractivity contribution is -0.141. The van der Waals surface area contributed by atoms with E-state index in [1.807, 2.05) is 18.2 Å². The summed E-state index contributed by atoms with van der Waals surface area (Å²) in [5.41, 5.74) is 0.609. The van der Waals surface area contributed by atoms with Crippen molar-refractivity contribution in [3.63, 3.8) is 0 Å². The Kier molecular flexibility index (Phi) is 4.37. The van der Waals surface area contributed by atoms with E-state index in [2.05, 4.69) is 10.3 Å². The highest BCUT2D eigenvalue weighted by Crippen LogP contribution is 2.22. The fourth-order valence-corrected chi connectivity index (χ4v) is 2.18. The monoisotopic (exact) mass is 287 g/mol. The molecule has 0 spiro atoms. The van der Waals surface area contributed by atoms with E-state index in [0.717, 1.165) is 10.8 Å². The molecule has 21 heavy (non-hydrogen) atoms. The highest BCUT2D eigenvalue weighted by atomic mass is 16.4. The number of carbonyl (C=O) groups is 2. The van der Waals surface area contributed by atoms with Gasteiger partial charge in [-0.3, -0.25) is 4.98 Å². The van der Waals surface area contributed by atoms with Crippen molar-refractivity contribution in [1.82, 2.24) is 9.88 Å². The van der Waals surface area contributed by atoms with Gasteiger partial charge in [0.25, 0.3) is 0 Å². The van der Waals surface area contributed by atoms with E-state index in [1.165, 1.54) is 11.9 Å². The van der Waals surface area contributed by atoms with Crippen LogP contribution in [-0.2, 0) is 4.79 Å². The number of carboxylic acids is 1. The summed E-state index contributed by atoms with van der Waals surface area (Å²) < 4.78 is 0. The number of nitrogens with zero attached hydrogens (tertiary/aromatic N) is 2. The number of fused-ring (bicyclic) bond motifs is 1. The van der Waals surface area contributed by atoms with Gasteiger partial charge in [-0.2, -0.15) is 0 Å².